The lowest BCUT2D eigenvalue weighted by molar-refractivity contribution is -0.122. The van der Waals surface area contributed by atoms with Gasteiger partial charge in [-0.3, -0.25) is 9.59 Å². The van der Waals surface area contributed by atoms with E-state index < -0.39 is 0 Å². The normalized spacial score (nSPS) is 18.1. The fraction of sp³-hybridized carbons (Fsp3) is 0.316. The number of hydrogen-bond acceptors (Lipinski definition) is 4. The Morgan fingerprint density at radius 2 is 1.96 bits per heavy atom. The summed E-state index contributed by atoms with van der Waals surface area (Å²) in [7, 11) is 0. The Bertz CT molecular complexity index is 778. The third kappa shape index (κ3) is 5.02. The standard InChI is InChI=1S/C19H20FN3O3/c1-12-10-16(12)19(25)21-9-8-17(24)23-14-4-7-18(22-11-14)26-15-5-2-13(20)3-6-15/h2-7,11-12,16H,8-10H2,1H3,(H,21,25)(H,23,24). The third-order valence-corrected chi connectivity index (χ3v) is 4.15. The van der Waals surface area contributed by atoms with Crippen molar-refractivity contribution < 1.29 is 18.7 Å². The molecule has 1 saturated carbocycles. The number of halogens is 1. The number of pyridine rings is 1. The fourth-order valence-corrected chi connectivity index (χ4v) is 2.48. The Morgan fingerprint density at radius 3 is 2.58 bits per heavy atom. The van der Waals surface area contributed by atoms with Gasteiger partial charge in [-0.1, -0.05) is 6.92 Å². The molecule has 136 valence electrons. The molecule has 2 unspecified atom stereocenters. The summed E-state index contributed by atoms with van der Waals surface area (Å²) in [6.07, 6.45) is 2.60. The van der Waals surface area contributed by atoms with E-state index in [0.717, 1.165) is 6.42 Å². The molecule has 2 N–H and O–H groups in total. The van der Waals surface area contributed by atoms with Crippen molar-refractivity contribution in [3.05, 3.63) is 48.4 Å². The molecule has 0 aliphatic heterocycles. The van der Waals surface area contributed by atoms with E-state index in [1.165, 1.54) is 30.5 Å². The Kier molecular flexibility index (Phi) is 5.46. The second-order valence-corrected chi connectivity index (χ2v) is 6.35. The van der Waals surface area contributed by atoms with Gasteiger partial charge in [0.15, 0.2) is 0 Å². The number of benzene rings is 1. The minimum absolute atomic E-state index is 0.0225. The summed E-state index contributed by atoms with van der Waals surface area (Å²) in [5.41, 5.74) is 0.531. The SMILES string of the molecule is CC1CC1C(=O)NCCC(=O)Nc1ccc(Oc2ccc(F)cc2)nc1. The number of anilines is 1. The van der Waals surface area contributed by atoms with E-state index in [1.807, 2.05) is 6.92 Å². The van der Waals surface area contributed by atoms with Crippen LogP contribution in [0.25, 0.3) is 0 Å². The number of hydrogen-bond donors (Lipinski definition) is 2. The summed E-state index contributed by atoms with van der Waals surface area (Å²) in [4.78, 5) is 27.7. The van der Waals surface area contributed by atoms with Gasteiger partial charge < -0.3 is 15.4 Å². The lowest BCUT2D eigenvalue weighted by atomic mass is 10.3. The summed E-state index contributed by atoms with van der Waals surface area (Å²) in [6.45, 7) is 2.35. The highest BCUT2D eigenvalue weighted by atomic mass is 19.1. The van der Waals surface area contributed by atoms with E-state index in [9.17, 15) is 14.0 Å². The summed E-state index contributed by atoms with van der Waals surface area (Å²) >= 11 is 0. The average Bonchev–Trinajstić information content (AvgIpc) is 3.35. The van der Waals surface area contributed by atoms with Gasteiger partial charge in [0.2, 0.25) is 17.7 Å². The predicted octanol–water partition coefficient (Wildman–Crippen LogP) is 3.11. The predicted molar refractivity (Wildman–Crippen MR) is 94.2 cm³/mol. The molecule has 7 heteroatoms. The minimum Gasteiger partial charge on any atom is -0.439 e. The van der Waals surface area contributed by atoms with Gasteiger partial charge in [-0.05, 0) is 42.7 Å². The monoisotopic (exact) mass is 357 g/mol. The van der Waals surface area contributed by atoms with Crippen LogP contribution in [0.1, 0.15) is 19.8 Å². The lowest BCUT2D eigenvalue weighted by Crippen LogP contribution is -2.29. The van der Waals surface area contributed by atoms with Gasteiger partial charge in [-0.25, -0.2) is 9.37 Å². The summed E-state index contributed by atoms with van der Waals surface area (Å²) in [5.74, 6) is 0.835. The fourth-order valence-electron chi connectivity index (χ4n) is 2.48. The van der Waals surface area contributed by atoms with E-state index in [4.69, 9.17) is 4.74 Å². The molecule has 26 heavy (non-hydrogen) atoms. The zero-order chi connectivity index (χ0) is 18.5. The topological polar surface area (TPSA) is 80.3 Å². The van der Waals surface area contributed by atoms with Crippen molar-refractivity contribution in [2.45, 2.75) is 19.8 Å². The molecule has 2 aromatic rings. The molecule has 1 aliphatic rings. The summed E-state index contributed by atoms with van der Waals surface area (Å²) in [5, 5.41) is 5.48. The number of nitrogens with zero attached hydrogens (tertiary/aromatic N) is 1. The molecule has 2 atom stereocenters. The number of nitrogens with one attached hydrogen (secondary N) is 2. The molecule has 1 fully saturated rings. The molecule has 3 rings (SSSR count). The number of rotatable bonds is 7. The van der Waals surface area contributed by atoms with Gasteiger partial charge in [0, 0.05) is 24.9 Å². The van der Waals surface area contributed by atoms with Gasteiger partial charge in [-0.2, -0.15) is 0 Å². The molecule has 1 aliphatic carbocycles. The van der Waals surface area contributed by atoms with Crippen LogP contribution in [0.4, 0.5) is 10.1 Å². The van der Waals surface area contributed by atoms with Gasteiger partial charge in [-0.15, -0.1) is 0 Å². The van der Waals surface area contributed by atoms with Crippen LogP contribution >= 0.6 is 0 Å². The first kappa shape index (κ1) is 17.8. The molecule has 1 aromatic carbocycles. The van der Waals surface area contributed by atoms with E-state index in [0.29, 0.717) is 29.8 Å². The van der Waals surface area contributed by atoms with Gasteiger partial charge in [0.05, 0.1) is 11.9 Å². The van der Waals surface area contributed by atoms with Gasteiger partial charge in [0.25, 0.3) is 0 Å². The molecule has 1 heterocycles. The maximum absolute atomic E-state index is 12.9. The third-order valence-electron chi connectivity index (χ3n) is 4.15. The highest BCUT2D eigenvalue weighted by Gasteiger charge is 2.38. The molecule has 1 aromatic heterocycles. The molecule has 0 spiro atoms. The maximum atomic E-state index is 12.9. The van der Waals surface area contributed by atoms with Crippen molar-refractivity contribution in [2.75, 3.05) is 11.9 Å². The van der Waals surface area contributed by atoms with Crippen LogP contribution in [0.3, 0.4) is 0 Å². The first-order valence-corrected chi connectivity index (χ1v) is 8.48. The summed E-state index contributed by atoms with van der Waals surface area (Å²) < 4.78 is 18.3. The minimum atomic E-state index is -0.341. The zero-order valence-electron chi connectivity index (χ0n) is 14.4. The van der Waals surface area contributed by atoms with Gasteiger partial charge in [0.1, 0.15) is 11.6 Å². The number of aromatic nitrogens is 1. The molecule has 0 saturated heterocycles. The van der Waals surface area contributed by atoms with Crippen molar-refractivity contribution in [3.8, 4) is 11.6 Å². The molecule has 0 bridgehead atoms. The van der Waals surface area contributed by atoms with Crippen LogP contribution in [-0.2, 0) is 9.59 Å². The quantitative estimate of drug-likeness (QED) is 0.798. The number of ether oxygens (including phenoxy) is 1. The average molecular weight is 357 g/mol. The van der Waals surface area contributed by atoms with Crippen LogP contribution in [0, 0.1) is 17.7 Å². The maximum Gasteiger partial charge on any atom is 0.226 e. The largest absolute Gasteiger partial charge is 0.439 e. The van der Waals surface area contributed by atoms with Crippen molar-refractivity contribution in [3.63, 3.8) is 0 Å². The number of amides is 2. The highest BCUT2D eigenvalue weighted by Crippen LogP contribution is 2.37. The van der Waals surface area contributed by atoms with Crippen molar-refractivity contribution in [1.82, 2.24) is 10.3 Å². The Labute approximate surface area is 150 Å². The second-order valence-electron chi connectivity index (χ2n) is 6.35. The van der Waals surface area contributed by atoms with Crippen molar-refractivity contribution in [1.29, 1.82) is 0 Å². The molecule has 2 amide bonds. The van der Waals surface area contributed by atoms with E-state index in [2.05, 4.69) is 15.6 Å². The Balaban J connectivity index is 1.42. The Morgan fingerprint density at radius 1 is 1.23 bits per heavy atom. The van der Waals surface area contributed by atoms with E-state index in [-0.39, 0.29) is 30.0 Å². The van der Waals surface area contributed by atoms with Gasteiger partial charge >= 0.3 is 0 Å². The summed E-state index contributed by atoms with van der Waals surface area (Å²) in [6, 6.07) is 8.87. The van der Waals surface area contributed by atoms with Crippen LogP contribution in [0.5, 0.6) is 11.6 Å². The highest BCUT2D eigenvalue weighted by molar-refractivity contribution is 5.91. The first-order chi connectivity index (χ1) is 12.5. The van der Waals surface area contributed by atoms with Crippen LogP contribution in [-0.4, -0.2) is 23.3 Å². The molecule has 0 radical (unpaired) electrons. The van der Waals surface area contributed by atoms with Crippen LogP contribution in [0.15, 0.2) is 42.6 Å². The molecular weight excluding hydrogens is 337 g/mol. The zero-order valence-corrected chi connectivity index (χ0v) is 14.4. The molecule has 6 nitrogen and oxygen atoms in total. The lowest BCUT2D eigenvalue weighted by Gasteiger charge is -2.08. The Hall–Kier alpha value is -2.96. The van der Waals surface area contributed by atoms with Crippen molar-refractivity contribution >= 4 is 17.5 Å². The first-order valence-electron chi connectivity index (χ1n) is 8.48. The van der Waals surface area contributed by atoms with Crippen molar-refractivity contribution in [2.24, 2.45) is 11.8 Å². The second kappa shape index (κ2) is 7.95. The van der Waals surface area contributed by atoms with E-state index >= 15 is 0 Å². The number of carbonyl (C=O) groups is 2. The van der Waals surface area contributed by atoms with E-state index in [1.54, 1.807) is 12.1 Å². The van der Waals surface area contributed by atoms with Crippen LogP contribution < -0.4 is 15.4 Å². The smallest absolute Gasteiger partial charge is 0.226 e. The van der Waals surface area contributed by atoms with Crippen LogP contribution in [0.2, 0.25) is 0 Å². The molecular formula is C19H20FN3O3. The number of carbonyl (C=O) groups excluding carboxylic acids is 2.